The lowest BCUT2D eigenvalue weighted by Gasteiger charge is -1.92. The van der Waals surface area contributed by atoms with Crippen molar-refractivity contribution in [3.8, 4) is 0 Å². The largest absolute Gasteiger partial charge is 0.477 e. The molecule has 0 spiro atoms. The number of hydrogen-bond acceptors (Lipinski definition) is 3. The molecule has 0 unspecified atom stereocenters. The molecule has 1 N–H and O–H groups in total. The van der Waals surface area contributed by atoms with Crippen LogP contribution in [0.15, 0.2) is 4.99 Å². The van der Waals surface area contributed by atoms with E-state index in [0.717, 1.165) is 0 Å². The monoisotopic (exact) mass is 115 g/mol. The lowest BCUT2D eigenvalue weighted by molar-refractivity contribution is 0.272. The van der Waals surface area contributed by atoms with E-state index in [1.165, 1.54) is 0 Å². The first-order valence-corrected chi connectivity index (χ1v) is 2.63. The second-order valence-electron chi connectivity index (χ2n) is 1.84. The van der Waals surface area contributed by atoms with E-state index in [9.17, 15) is 0 Å². The van der Waals surface area contributed by atoms with Crippen LogP contribution >= 0.6 is 0 Å². The third-order valence-electron chi connectivity index (χ3n) is 0.991. The maximum Gasteiger partial charge on any atom is 0.210 e. The Morgan fingerprint density at radius 3 is 3.00 bits per heavy atom. The lowest BCUT2D eigenvalue weighted by Crippen LogP contribution is -2.03. The Labute approximate surface area is 48.0 Å². The van der Waals surface area contributed by atoms with Crippen molar-refractivity contribution >= 4 is 5.90 Å². The van der Waals surface area contributed by atoms with E-state index in [1.807, 2.05) is 6.92 Å². The van der Waals surface area contributed by atoms with Crippen molar-refractivity contribution in [3.05, 3.63) is 0 Å². The van der Waals surface area contributed by atoms with E-state index in [0.29, 0.717) is 12.5 Å². The van der Waals surface area contributed by atoms with Crippen molar-refractivity contribution in [2.75, 3.05) is 13.2 Å². The number of aliphatic hydroxyl groups is 1. The standard InChI is InChI=1S/C5H9NO2/c1-4-3-8-5(2-7)6-4/h4,7H,2-3H2,1H3/t4-/m0/s1. The third kappa shape index (κ3) is 0.980. The minimum Gasteiger partial charge on any atom is -0.477 e. The van der Waals surface area contributed by atoms with Gasteiger partial charge in [0.25, 0.3) is 0 Å². The van der Waals surface area contributed by atoms with Crippen molar-refractivity contribution in [3.63, 3.8) is 0 Å². The quantitative estimate of drug-likeness (QED) is 0.514. The lowest BCUT2D eigenvalue weighted by atomic mass is 10.4. The summed E-state index contributed by atoms with van der Waals surface area (Å²) in [5.41, 5.74) is 0. The number of ether oxygens (including phenoxy) is 1. The molecule has 3 heteroatoms. The van der Waals surface area contributed by atoms with Gasteiger partial charge in [-0.05, 0) is 6.92 Å². The van der Waals surface area contributed by atoms with Crippen LogP contribution in [0.5, 0.6) is 0 Å². The van der Waals surface area contributed by atoms with Gasteiger partial charge in [-0.15, -0.1) is 0 Å². The molecule has 1 rings (SSSR count). The molecule has 1 aliphatic heterocycles. The average Bonchev–Trinajstić information content (AvgIpc) is 2.14. The Hall–Kier alpha value is -0.570. The minimum absolute atomic E-state index is 0.0651. The van der Waals surface area contributed by atoms with Crippen LogP contribution in [0.4, 0.5) is 0 Å². The first-order chi connectivity index (χ1) is 3.83. The van der Waals surface area contributed by atoms with Gasteiger partial charge < -0.3 is 9.84 Å². The maximum atomic E-state index is 8.43. The number of aliphatic imine (C=N–C) groups is 1. The second-order valence-corrected chi connectivity index (χ2v) is 1.84. The Kier molecular flexibility index (Phi) is 1.48. The van der Waals surface area contributed by atoms with Gasteiger partial charge in [0.1, 0.15) is 13.2 Å². The fraction of sp³-hybridized carbons (Fsp3) is 0.800. The van der Waals surface area contributed by atoms with Gasteiger partial charge in [-0.3, -0.25) is 0 Å². The number of rotatable bonds is 1. The van der Waals surface area contributed by atoms with Gasteiger partial charge >= 0.3 is 0 Å². The highest BCUT2D eigenvalue weighted by Gasteiger charge is 2.11. The van der Waals surface area contributed by atoms with E-state index in [-0.39, 0.29) is 12.6 Å². The Bertz CT molecular complexity index is 111. The molecule has 0 aromatic heterocycles. The molecule has 0 amide bonds. The molecular formula is C5H9NO2. The first-order valence-electron chi connectivity index (χ1n) is 2.63. The van der Waals surface area contributed by atoms with Gasteiger partial charge in [0.15, 0.2) is 0 Å². The third-order valence-corrected chi connectivity index (χ3v) is 0.991. The van der Waals surface area contributed by atoms with Crippen molar-refractivity contribution in [1.29, 1.82) is 0 Å². The molecule has 0 aliphatic carbocycles. The van der Waals surface area contributed by atoms with Gasteiger partial charge in [-0.2, -0.15) is 0 Å². The second kappa shape index (κ2) is 2.13. The van der Waals surface area contributed by atoms with E-state index in [1.54, 1.807) is 0 Å². The summed E-state index contributed by atoms with van der Waals surface area (Å²) in [6.45, 7) is 2.50. The van der Waals surface area contributed by atoms with Crippen molar-refractivity contribution in [1.82, 2.24) is 0 Å². The summed E-state index contributed by atoms with van der Waals surface area (Å²) in [5, 5.41) is 8.43. The maximum absolute atomic E-state index is 8.43. The summed E-state index contributed by atoms with van der Waals surface area (Å²) < 4.78 is 4.91. The van der Waals surface area contributed by atoms with Crippen LogP contribution in [0.1, 0.15) is 6.92 Å². The van der Waals surface area contributed by atoms with Crippen molar-refractivity contribution in [2.24, 2.45) is 4.99 Å². The topological polar surface area (TPSA) is 41.8 Å². The van der Waals surface area contributed by atoms with E-state index in [2.05, 4.69) is 4.99 Å². The average molecular weight is 115 g/mol. The Morgan fingerprint density at radius 2 is 2.75 bits per heavy atom. The molecule has 3 nitrogen and oxygen atoms in total. The van der Waals surface area contributed by atoms with Crippen molar-refractivity contribution in [2.45, 2.75) is 13.0 Å². The summed E-state index contributed by atoms with van der Waals surface area (Å²) >= 11 is 0. The summed E-state index contributed by atoms with van der Waals surface area (Å²) in [4.78, 5) is 3.95. The van der Waals surface area contributed by atoms with E-state index >= 15 is 0 Å². The Balaban J connectivity index is 2.44. The molecule has 1 heterocycles. The zero-order chi connectivity index (χ0) is 5.98. The highest BCUT2D eigenvalue weighted by molar-refractivity contribution is 5.78. The number of aliphatic hydroxyl groups excluding tert-OH is 1. The molecule has 0 fully saturated rings. The van der Waals surface area contributed by atoms with Gasteiger partial charge in [0, 0.05) is 0 Å². The van der Waals surface area contributed by atoms with Gasteiger partial charge in [0.2, 0.25) is 5.90 Å². The van der Waals surface area contributed by atoms with Crippen LogP contribution < -0.4 is 0 Å². The highest BCUT2D eigenvalue weighted by Crippen LogP contribution is 2.01. The number of nitrogens with zero attached hydrogens (tertiary/aromatic N) is 1. The highest BCUT2D eigenvalue weighted by atomic mass is 16.5. The zero-order valence-electron chi connectivity index (χ0n) is 4.79. The van der Waals surface area contributed by atoms with Crippen LogP contribution in [-0.2, 0) is 4.74 Å². The number of hydrogen-bond donors (Lipinski definition) is 1. The van der Waals surface area contributed by atoms with Crippen molar-refractivity contribution < 1.29 is 9.84 Å². The molecule has 0 aromatic rings. The van der Waals surface area contributed by atoms with Gasteiger partial charge in [-0.25, -0.2) is 4.99 Å². The molecule has 0 aromatic carbocycles. The predicted molar refractivity (Wildman–Crippen MR) is 29.9 cm³/mol. The van der Waals surface area contributed by atoms with Gasteiger partial charge in [0.05, 0.1) is 6.04 Å². The van der Waals surface area contributed by atoms with Crippen LogP contribution in [0, 0.1) is 0 Å². The van der Waals surface area contributed by atoms with E-state index < -0.39 is 0 Å². The van der Waals surface area contributed by atoms with E-state index in [4.69, 9.17) is 9.84 Å². The zero-order valence-corrected chi connectivity index (χ0v) is 4.79. The first kappa shape index (κ1) is 5.56. The Morgan fingerprint density at radius 1 is 2.00 bits per heavy atom. The summed E-state index contributed by atoms with van der Waals surface area (Å²) in [6.07, 6.45) is 0. The smallest absolute Gasteiger partial charge is 0.210 e. The van der Waals surface area contributed by atoms with Crippen LogP contribution in [0.3, 0.4) is 0 Å². The fourth-order valence-electron chi connectivity index (χ4n) is 0.624. The minimum atomic E-state index is -0.0651. The molecule has 1 atom stereocenters. The predicted octanol–water partition coefficient (Wildman–Crippen LogP) is -0.204. The summed E-state index contributed by atoms with van der Waals surface area (Å²) in [5.74, 6) is 0.470. The molecule has 1 aliphatic rings. The van der Waals surface area contributed by atoms with Gasteiger partial charge in [-0.1, -0.05) is 0 Å². The molecular weight excluding hydrogens is 106 g/mol. The molecule has 0 saturated carbocycles. The molecule has 8 heavy (non-hydrogen) atoms. The SMILES string of the molecule is C[C@H]1COC(CO)=N1. The van der Waals surface area contributed by atoms with Crippen LogP contribution in [-0.4, -0.2) is 30.3 Å². The fourth-order valence-corrected chi connectivity index (χ4v) is 0.624. The van der Waals surface area contributed by atoms with Crippen LogP contribution in [0.2, 0.25) is 0 Å². The molecule has 46 valence electrons. The molecule has 0 radical (unpaired) electrons. The summed E-state index contributed by atoms with van der Waals surface area (Å²) in [7, 11) is 0. The normalized spacial score (nSPS) is 27.2. The molecule has 0 saturated heterocycles. The van der Waals surface area contributed by atoms with Crippen LogP contribution in [0.25, 0.3) is 0 Å². The summed E-state index contributed by atoms with van der Waals surface area (Å²) in [6, 6.07) is 0.233. The molecule has 0 bridgehead atoms.